The number of rotatable bonds is 4. The molecule has 4 nitrogen and oxygen atoms in total. The summed E-state index contributed by atoms with van der Waals surface area (Å²) in [6.07, 6.45) is 8.20. The van der Waals surface area contributed by atoms with Crippen LogP contribution in [-0.2, 0) is 19.5 Å². The van der Waals surface area contributed by atoms with Crippen molar-refractivity contribution >= 4 is 92.8 Å². The summed E-state index contributed by atoms with van der Waals surface area (Å²) in [6.45, 7) is 0. The van der Waals surface area contributed by atoms with Gasteiger partial charge >= 0.3 is 0 Å². The fourth-order valence-electron chi connectivity index (χ4n) is 7.00. The Kier molecular flexibility index (Phi) is 9.72. The summed E-state index contributed by atoms with van der Waals surface area (Å²) in [4.78, 5) is 18.1. The van der Waals surface area contributed by atoms with E-state index in [0.717, 1.165) is 89.4 Å². The molecule has 0 aliphatic carbocycles. The van der Waals surface area contributed by atoms with Crippen molar-refractivity contribution in [2.45, 2.75) is 0 Å². The Morgan fingerprint density at radius 2 is 0.585 bits per heavy atom. The molecule has 0 fully saturated rings. The van der Waals surface area contributed by atoms with E-state index in [2.05, 4.69) is 34.2 Å². The van der Waals surface area contributed by atoms with E-state index in [0.29, 0.717) is 20.1 Å². The number of halogens is 4. The molecule has 8 bridgehead atoms. The van der Waals surface area contributed by atoms with Gasteiger partial charge in [0.2, 0.25) is 0 Å². The summed E-state index contributed by atoms with van der Waals surface area (Å²) >= 11 is 26.3. The summed E-state index contributed by atoms with van der Waals surface area (Å²) in [5, 5.41) is 2.53. The molecule has 4 aromatic carbocycles. The van der Waals surface area contributed by atoms with Gasteiger partial charge in [-0.15, -0.1) is 0 Å². The normalized spacial score (nSPS) is 11.8. The number of hydrogen-bond acceptors (Lipinski definition) is 2. The van der Waals surface area contributed by atoms with E-state index in [4.69, 9.17) is 56.4 Å². The molecule has 0 saturated heterocycles. The van der Waals surface area contributed by atoms with Crippen molar-refractivity contribution in [2.24, 2.45) is 0 Å². The molecule has 0 saturated carbocycles. The summed E-state index contributed by atoms with van der Waals surface area (Å²) in [5.41, 5.74) is 14.0. The largest absolute Gasteiger partial charge is 0.354 e. The maximum atomic E-state index is 6.59. The van der Waals surface area contributed by atoms with E-state index in [9.17, 15) is 0 Å². The minimum Gasteiger partial charge on any atom is -0.354 e. The third-order valence-corrected chi connectivity index (χ3v) is 10.1. The van der Waals surface area contributed by atoms with Gasteiger partial charge in [0.05, 0.1) is 22.8 Å². The fourth-order valence-corrected chi connectivity index (χ4v) is 7.76. The molecule has 5 heterocycles. The first kappa shape index (κ1) is 35.3. The summed E-state index contributed by atoms with van der Waals surface area (Å²) in [5.74, 6) is 0. The van der Waals surface area contributed by atoms with E-state index in [-0.39, 0.29) is 19.5 Å². The van der Waals surface area contributed by atoms with Crippen molar-refractivity contribution in [1.29, 1.82) is 0 Å². The Morgan fingerprint density at radius 3 is 0.811 bits per heavy atom. The molecule has 252 valence electrons. The van der Waals surface area contributed by atoms with Crippen molar-refractivity contribution < 1.29 is 19.5 Å². The first-order valence-corrected chi connectivity index (χ1v) is 18.1. The zero-order valence-corrected chi connectivity index (χ0v) is 34.0. The summed E-state index contributed by atoms with van der Waals surface area (Å²) in [6, 6.07) is 39.7. The molecular weight excluding hydrogens is 792 g/mol. The second kappa shape index (κ2) is 14.6. The van der Waals surface area contributed by atoms with Gasteiger partial charge in [0.1, 0.15) is 0 Å². The molecule has 0 unspecified atom stereocenters. The molecule has 53 heavy (non-hydrogen) atoms. The summed E-state index contributed by atoms with van der Waals surface area (Å²) < 4.78 is 0. The number of aromatic amines is 2. The van der Waals surface area contributed by atoms with Crippen LogP contribution in [0.15, 0.2) is 121 Å². The van der Waals surface area contributed by atoms with Crippen LogP contribution >= 0.6 is 46.4 Å². The third-order valence-electron chi connectivity index (χ3n) is 9.21. The van der Waals surface area contributed by atoms with Gasteiger partial charge in [-0.2, -0.15) is 0 Å². The minimum absolute atomic E-state index is 0. The quantitative estimate of drug-likeness (QED) is 0.174. The molecule has 0 amide bonds. The Morgan fingerprint density at radius 1 is 0.340 bits per heavy atom. The van der Waals surface area contributed by atoms with Crippen LogP contribution in [0.4, 0.5) is 0 Å². The number of aromatic nitrogens is 4. The zero-order valence-electron chi connectivity index (χ0n) is 28.0. The van der Waals surface area contributed by atoms with Gasteiger partial charge in [0.15, 0.2) is 0 Å². The average Bonchev–Trinajstić information content (AvgIpc) is 3.96. The van der Waals surface area contributed by atoms with Crippen LogP contribution < -0.4 is 0 Å². The van der Waals surface area contributed by atoms with Gasteiger partial charge in [0, 0.05) is 83.9 Å². The van der Waals surface area contributed by atoms with E-state index >= 15 is 0 Å². The number of fused-ring (bicyclic) bond motifs is 8. The van der Waals surface area contributed by atoms with Gasteiger partial charge < -0.3 is 9.97 Å². The van der Waals surface area contributed by atoms with Crippen LogP contribution in [0.2, 0.25) is 20.1 Å². The Hall–Kier alpha value is -4.74. The van der Waals surface area contributed by atoms with Crippen molar-refractivity contribution in [3.05, 3.63) is 164 Å². The number of H-pyrrole nitrogens is 2. The second-order valence-electron chi connectivity index (χ2n) is 12.5. The maximum Gasteiger partial charge on any atom is 0.0737 e. The molecule has 2 N–H and O–H groups in total. The molecule has 0 spiro atoms. The van der Waals surface area contributed by atoms with Crippen molar-refractivity contribution in [3.8, 4) is 44.5 Å². The molecule has 2 aliphatic heterocycles. The predicted molar refractivity (Wildman–Crippen MR) is 221 cm³/mol. The Bertz CT molecular complexity index is 2440. The van der Waals surface area contributed by atoms with Gasteiger partial charge in [-0.1, -0.05) is 94.9 Å². The standard InChI is InChI=1S/C44H26Cl4N4.Zn/c45-29-9-1-5-25(21-29)41-33-13-15-35(49-33)42(26-6-2-10-30(46)22-26)37-17-19-39(51-37)44(28-8-4-12-32(48)24-28)40-20-18-38(52-40)43(36-16-14-34(41)50-36)27-7-3-11-31(47)23-27;/h1-24,49,52H;. The monoisotopic (exact) mass is 814 g/mol. The fraction of sp³-hybridized carbons (Fsp3) is 0. The smallest absolute Gasteiger partial charge is 0.0737 e. The molecule has 3 aromatic heterocycles. The van der Waals surface area contributed by atoms with Gasteiger partial charge in [-0.05, 0) is 119 Å². The first-order chi connectivity index (χ1) is 25.4. The zero-order chi connectivity index (χ0) is 35.3. The maximum absolute atomic E-state index is 6.59. The number of nitrogens with zero attached hydrogens (tertiary/aromatic N) is 2. The van der Waals surface area contributed by atoms with Crippen LogP contribution in [0.5, 0.6) is 0 Å². The minimum atomic E-state index is 0. The second-order valence-corrected chi connectivity index (χ2v) is 14.3. The Labute approximate surface area is 338 Å². The van der Waals surface area contributed by atoms with Crippen molar-refractivity contribution in [2.75, 3.05) is 0 Å². The summed E-state index contributed by atoms with van der Waals surface area (Å²) in [7, 11) is 0. The van der Waals surface area contributed by atoms with Crippen LogP contribution in [-0.4, -0.2) is 19.9 Å². The third kappa shape index (κ3) is 6.81. The number of nitrogens with one attached hydrogen (secondary N) is 2. The average molecular weight is 818 g/mol. The van der Waals surface area contributed by atoms with Crippen LogP contribution in [0.25, 0.3) is 90.9 Å². The van der Waals surface area contributed by atoms with Crippen molar-refractivity contribution in [1.82, 2.24) is 19.9 Å². The van der Waals surface area contributed by atoms with Gasteiger partial charge in [-0.3, -0.25) is 0 Å². The van der Waals surface area contributed by atoms with E-state index < -0.39 is 0 Å². The first-order valence-electron chi connectivity index (χ1n) is 16.6. The van der Waals surface area contributed by atoms with Crippen LogP contribution in [0.3, 0.4) is 0 Å². The Balaban J connectivity index is 0.00000400. The van der Waals surface area contributed by atoms with E-state index in [1.54, 1.807) is 0 Å². The number of hydrogen-bond donors (Lipinski definition) is 2. The molecule has 0 atom stereocenters. The molecule has 0 radical (unpaired) electrons. The number of benzene rings is 4. The SMILES string of the molecule is Clc1cccc(-c2c3nc(c(-c4cccc(Cl)c4)c4ccc([nH]4)c(-c4cccc(Cl)c4)c4nc(c(-c5cccc(Cl)c5)c5ccc2[nH]5)C=C4)C=C3)c1.[Zn]. The van der Waals surface area contributed by atoms with E-state index in [1.165, 1.54) is 0 Å². The molecule has 2 aliphatic rings. The molecule has 9 heteroatoms. The molecular formula is C44H26Cl4N4Zn. The molecule has 7 aromatic rings. The molecule has 9 rings (SSSR count). The van der Waals surface area contributed by atoms with Gasteiger partial charge in [0.25, 0.3) is 0 Å². The van der Waals surface area contributed by atoms with Crippen molar-refractivity contribution in [3.63, 3.8) is 0 Å². The van der Waals surface area contributed by atoms with Gasteiger partial charge in [-0.25, -0.2) is 9.97 Å². The van der Waals surface area contributed by atoms with E-state index in [1.807, 2.05) is 121 Å². The topological polar surface area (TPSA) is 57.4 Å². The van der Waals surface area contributed by atoms with Crippen LogP contribution in [0, 0.1) is 0 Å². The predicted octanol–water partition coefficient (Wildman–Crippen LogP) is 13.9. The van der Waals surface area contributed by atoms with Crippen LogP contribution in [0.1, 0.15) is 22.8 Å².